The molecule has 454 valence electrons. The van der Waals surface area contributed by atoms with E-state index < -0.39 is 0 Å². The molecule has 5 heterocycles. The summed E-state index contributed by atoms with van der Waals surface area (Å²) in [5.41, 5.74) is 20.8. The fourth-order valence-electron chi connectivity index (χ4n) is 10.7. The quantitative estimate of drug-likeness (QED) is 0.0188. The number of nitrogens with one attached hydrogen (secondary N) is 4. The summed E-state index contributed by atoms with van der Waals surface area (Å²) >= 11 is 0. The number of benzene rings is 4. The second kappa shape index (κ2) is 32.2. The number of ether oxygens (including phenoxy) is 5. The Hall–Kier alpha value is -8.45. The van der Waals surface area contributed by atoms with Crippen LogP contribution in [0.2, 0.25) is 0 Å². The third-order valence-corrected chi connectivity index (χ3v) is 15.2. The first-order valence-electron chi connectivity index (χ1n) is 29.5. The van der Waals surface area contributed by atoms with Gasteiger partial charge in [-0.2, -0.15) is 10.2 Å². The number of nitrogens with two attached hydrogens (primary N) is 1. The molecule has 2 saturated heterocycles. The Labute approximate surface area is 501 Å². The van der Waals surface area contributed by atoms with Crippen LogP contribution in [0.5, 0.6) is 11.5 Å². The van der Waals surface area contributed by atoms with Gasteiger partial charge in [0.15, 0.2) is 5.65 Å². The minimum atomic E-state index is -0.252. The van der Waals surface area contributed by atoms with E-state index in [0.717, 1.165) is 68.0 Å². The van der Waals surface area contributed by atoms with E-state index in [0.29, 0.717) is 143 Å². The fraction of sp³-hybridized carbons (Fsp3) is 0.413. The van der Waals surface area contributed by atoms with E-state index in [1.165, 1.54) is 6.33 Å². The zero-order chi connectivity index (χ0) is 59.9. The summed E-state index contributed by atoms with van der Waals surface area (Å²) in [5, 5.41) is 18.6. The van der Waals surface area contributed by atoms with Gasteiger partial charge in [0.2, 0.25) is 23.6 Å². The molecule has 23 nitrogen and oxygen atoms in total. The molecule has 9 rings (SSSR count). The molecule has 0 bridgehead atoms. The largest absolute Gasteiger partial charge is 0.457 e. The Bertz CT molecular complexity index is 3280. The van der Waals surface area contributed by atoms with E-state index in [9.17, 15) is 19.2 Å². The predicted octanol–water partition coefficient (Wildman–Crippen LogP) is 6.30. The van der Waals surface area contributed by atoms with Crippen LogP contribution >= 0.6 is 0 Å². The molecule has 0 saturated carbocycles. The number of anilines is 2. The maximum absolute atomic E-state index is 13.7. The Kier molecular flexibility index (Phi) is 23.2. The fourth-order valence-corrected chi connectivity index (χ4v) is 10.7. The molecule has 0 radical (unpaired) electrons. The molecule has 2 aromatic heterocycles. The number of hydrogen-bond acceptors (Lipinski definition) is 18. The first kappa shape index (κ1) is 62.1. The second-order valence-electron chi connectivity index (χ2n) is 21.0. The van der Waals surface area contributed by atoms with Crippen LogP contribution in [0.1, 0.15) is 54.8 Å². The average Bonchev–Trinajstić information content (AvgIpc) is 1.66. The standard InChI is InChI=1S/C63H78N14O9/c1-66-60-51-15-6-5-11-47(51)43-76(53-17-8-7-16-52(53)61(60)71-65)57(81)24-23-54(78)68-27-36-83-38-40-85-42-41-84-39-37-82-35-25-55(79)67-26-30-74-33-31-73(32-34-74)28-10-18-56(80)75-29-9-12-48(44-75)77-63-58(62(64)69-45-70-63)59(72-77)46-19-21-50(22-20-46)86-49-13-3-2-4-14-49/h2-8,10-11,13-22,45,48,65-66H,9,12,23-44H2,1H3,(H,67,79)(H,68,78)(H2,64,69,70)/b18-10+,61-60-,71-65?. The van der Waals surface area contributed by atoms with Crippen LogP contribution in [0.4, 0.5) is 11.5 Å². The number of aromatic nitrogens is 4. The van der Waals surface area contributed by atoms with Crippen molar-refractivity contribution in [2.45, 2.75) is 44.7 Å². The number of rotatable bonds is 30. The molecule has 6 N–H and O–H groups in total. The Balaban J connectivity index is 0.561. The van der Waals surface area contributed by atoms with E-state index in [2.05, 4.69) is 40.8 Å². The number of piperidine rings is 1. The minimum absolute atomic E-state index is 0.00630. The Morgan fingerprint density at radius 1 is 0.709 bits per heavy atom. The van der Waals surface area contributed by atoms with Crippen LogP contribution in [-0.4, -0.2) is 183 Å². The summed E-state index contributed by atoms with van der Waals surface area (Å²) < 4.78 is 30.3. The van der Waals surface area contributed by atoms with Crippen LogP contribution in [0.3, 0.4) is 0 Å². The van der Waals surface area contributed by atoms with Gasteiger partial charge in [-0.1, -0.05) is 66.7 Å². The van der Waals surface area contributed by atoms with Gasteiger partial charge in [-0.15, -0.1) is 0 Å². The van der Waals surface area contributed by atoms with Gasteiger partial charge in [-0.25, -0.2) is 20.2 Å². The summed E-state index contributed by atoms with van der Waals surface area (Å²) in [7, 11) is 1.79. The molecule has 0 spiro atoms. The number of carbonyl (C=O) groups excluding carboxylic acids is 4. The van der Waals surface area contributed by atoms with E-state index in [-0.39, 0.29) is 48.9 Å². The number of likely N-dealkylation sites (tertiary alicyclic amines) is 1. The zero-order valence-corrected chi connectivity index (χ0v) is 48.9. The molecule has 2 fully saturated rings. The van der Waals surface area contributed by atoms with Crippen molar-refractivity contribution >= 4 is 57.6 Å². The minimum Gasteiger partial charge on any atom is -0.457 e. The van der Waals surface area contributed by atoms with E-state index in [1.54, 1.807) is 18.0 Å². The highest BCUT2D eigenvalue weighted by atomic mass is 16.6. The molecule has 3 aliphatic rings. The molecule has 1 atom stereocenters. The van der Waals surface area contributed by atoms with Crippen molar-refractivity contribution in [3.8, 4) is 22.8 Å². The van der Waals surface area contributed by atoms with E-state index in [4.69, 9.17) is 40.0 Å². The molecule has 4 aromatic carbocycles. The van der Waals surface area contributed by atoms with Crippen molar-refractivity contribution in [1.29, 1.82) is 5.53 Å². The van der Waals surface area contributed by atoms with Crippen molar-refractivity contribution in [2.75, 3.05) is 136 Å². The summed E-state index contributed by atoms with van der Waals surface area (Å²) in [4.78, 5) is 69.4. The number of nitrogen functional groups attached to an aromatic ring is 1. The maximum Gasteiger partial charge on any atom is 0.246 e. The predicted molar refractivity (Wildman–Crippen MR) is 327 cm³/mol. The molecule has 1 unspecified atom stereocenters. The summed E-state index contributed by atoms with van der Waals surface area (Å²) in [6.07, 6.45) is 7.08. The van der Waals surface area contributed by atoms with Crippen LogP contribution < -0.4 is 31.3 Å². The molecular weight excluding hydrogens is 1100 g/mol. The monoisotopic (exact) mass is 1170 g/mol. The van der Waals surface area contributed by atoms with E-state index >= 15 is 0 Å². The number of nitrogens with zero attached hydrogens (tertiary/aromatic N) is 9. The highest BCUT2D eigenvalue weighted by Gasteiger charge is 2.30. The third kappa shape index (κ3) is 17.1. The normalized spacial score (nSPS) is 16.5. The van der Waals surface area contributed by atoms with Gasteiger partial charge < -0.3 is 55.2 Å². The summed E-state index contributed by atoms with van der Waals surface area (Å²) in [5.74, 6) is 1.27. The van der Waals surface area contributed by atoms with Gasteiger partial charge in [-0.3, -0.25) is 29.0 Å². The SMILES string of the molecule is CN/C1=C(\N=N)c2ccccc2N(C(=O)CCC(=O)NCCOCCOCCOCCOCCC(=O)NCCN2CCN(C/C=C/C(=O)N3CCCC(n4nc(-c5ccc(Oc6ccccc6)cc5)c5c(N)ncnc54)C3)CC2)Cc2ccccc21. The van der Waals surface area contributed by atoms with Gasteiger partial charge in [0.05, 0.1) is 82.2 Å². The molecular formula is C63H78N14O9. The Morgan fingerprint density at radius 3 is 2.10 bits per heavy atom. The number of hydrogen-bond donors (Lipinski definition) is 5. The number of fused-ring (bicyclic) bond motifs is 3. The first-order chi connectivity index (χ1) is 42.2. The lowest BCUT2D eigenvalue weighted by molar-refractivity contribution is -0.127. The lowest BCUT2D eigenvalue weighted by atomic mass is 9.96. The van der Waals surface area contributed by atoms with Crippen molar-refractivity contribution in [3.05, 3.63) is 138 Å². The van der Waals surface area contributed by atoms with Crippen LogP contribution in [0.25, 0.3) is 33.7 Å². The smallest absolute Gasteiger partial charge is 0.246 e. The van der Waals surface area contributed by atoms with Crippen LogP contribution in [-0.2, 0) is 44.7 Å². The maximum atomic E-state index is 13.7. The lowest BCUT2D eigenvalue weighted by Crippen LogP contribution is -2.48. The number of para-hydroxylation sites is 2. The average molecular weight is 1180 g/mol. The zero-order valence-electron chi connectivity index (χ0n) is 48.9. The van der Waals surface area contributed by atoms with Crippen molar-refractivity contribution in [3.63, 3.8) is 0 Å². The Morgan fingerprint density at radius 2 is 1.36 bits per heavy atom. The second-order valence-corrected chi connectivity index (χ2v) is 21.0. The number of amides is 4. The highest BCUT2D eigenvalue weighted by Crippen LogP contribution is 2.38. The van der Waals surface area contributed by atoms with Gasteiger partial charge in [0.25, 0.3) is 0 Å². The topological polar surface area (TPSA) is 269 Å². The first-order valence-corrected chi connectivity index (χ1v) is 29.5. The lowest BCUT2D eigenvalue weighted by Gasteiger charge is -2.34. The number of carbonyl (C=O) groups is 4. The molecule has 4 amide bonds. The molecule has 86 heavy (non-hydrogen) atoms. The highest BCUT2D eigenvalue weighted by molar-refractivity contribution is 6.02. The van der Waals surface area contributed by atoms with Crippen LogP contribution in [0, 0.1) is 5.53 Å². The summed E-state index contributed by atoms with van der Waals surface area (Å²) in [6, 6.07) is 32.3. The number of piperazine rings is 1. The van der Waals surface area contributed by atoms with E-state index in [1.807, 2.05) is 119 Å². The van der Waals surface area contributed by atoms with Crippen LogP contribution in [0.15, 0.2) is 127 Å². The third-order valence-electron chi connectivity index (χ3n) is 15.2. The van der Waals surface area contributed by atoms with Crippen molar-refractivity contribution in [2.24, 2.45) is 5.11 Å². The molecule has 23 heteroatoms. The molecule has 0 aliphatic carbocycles. The van der Waals surface area contributed by atoms with Crippen molar-refractivity contribution in [1.82, 2.24) is 50.4 Å². The molecule has 3 aliphatic heterocycles. The van der Waals surface area contributed by atoms with Crippen molar-refractivity contribution < 1.29 is 42.9 Å². The van der Waals surface area contributed by atoms with Gasteiger partial charge >= 0.3 is 0 Å². The molecule has 6 aromatic rings. The van der Waals surface area contributed by atoms with Gasteiger partial charge in [0, 0.05) is 115 Å². The van der Waals surface area contributed by atoms with Gasteiger partial charge in [0.1, 0.15) is 35.0 Å². The summed E-state index contributed by atoms with van der Waals surface area (Å²) in [6.45, 7) is 10.1. The van der Waals surface area contributed by atoms with Gasteiger partial charge in [-0.05, 0) is 60.9 Å².